The number of aromatic amines is 1. The SMILES string of the molecule is CC(=O)Oc1ccc2nc(-c3ccc(C(=O)Nc4ccccc4)cc3)[nH]c(=O)c2c1. The molecule has 4 aromatic rings. The summed E-state index contributed by atoms with van der Waals surface area (Å²) in [5.74, 6) is -0.0379. The molecule has 4 rings (SSSR count). The quantitative estimate of drug-likeness (QED) is 0.402. The zero-order valence-electron chi connectivity index (χ0n) is 16.0. The maximum absolute atomic E-state index is 12.5. The van der Waals surface area contributed by atoms with E-state index in [-0.39, 0.29) is 17.2 Å². The molecule has 1 heterocycles. The van der Waals surface area contributed by atoms with Crippen molar-refractivity contribution in [3.05, 3.63) is 88.7 Å². The zero-order chi connectivity index (χ0) is 21.1. The highest BCUT2D eigenvalue weighted by molar-refractivity contribution is 6.04. The van der Waals surface area contributed by atoms with Gasteiger partial charge in [0.2, 0.25) is 0 Å². The van der Waals surface area contributed by atoms with Crippen LogP contribution in [0.1, 0.15) is 17.3 Å². The van der Waals surface area contributed by atoms with Gasteiger partial charge in [0.1, 0.15) is 11.6 Å². The van der Waals surface area contributed by atoms with E-state index in [9.17, 15) is 14.4 Å². The van der Waals surface area contributed by atoms with Crippen molar-refractivity contribution in [3.63, 3.8) is 0 Å². The van der Waals surface area contributed by atoms with Crippen molar-refractivity contribution in [2.24, 2.45) is 0 Å². The number of para-hydroxylation sites is 1. The minimum absolute atomic E-state index is 0.231. The second kappa shape index (κ2) is 8.00. The van der Waals surface area contributed by atoms with Crippen LogP contribution in [0.5, 0.6) is 5.75 Å². The van der Waals surface area contributed by atoms with E-state index in [0.717, 1.165) is 0 Å². The number of carbonyl (C=O) groups excluding carboxylic acids is 2. The number of H-pyrrole nitrogens is 1. The van der Waals surface area contributed by atoms with Gasteiger partial charge >= 0.3 is 5.97 Å². The summed E-state index contributed by atoms with van der Waals surface area (Å²) in [5.41, 5.74) is 1.97. The van der Waals surface area contributed by atoms with E-state index >= 15 is 0 Å². The molecule has 0 aliphatic rings. The molecule has 0 bridgehead atoms. The Morgan fingerprint density at radius 3 is 2.40 bits per heavy atom. The molecule has 0 fully saturated rings. The highest BCUT2D eigenvalue weighted by Crippen LogP contribution is 2.21. The van der Waals surface area contributed by atoms with Gasteiger partial charge in [0, 0.05) is 23.7 Å². The van der Waals surface area contributed by atoms with Crippen LogP contribution < -0.4 is 15.6 Å². The number of aromatic nitrogens is 2. The predicted octanol–water partition coefficient (Wildman–Crippen LogP) is 3.77. The number of nitrogens with one attached hydrogen (secondary N) is 2. The van der Waals surface area contributed by atoms with Crippen LogP contribution in [0.4, 0.5) is 5.69 Å². The summed E-state index contributed by atoms with van der Waals surface area (Å²) in [4.78, 5) is 43.2. The molecular weight excluding hydrogens is 382 g/mol. The van der Waals surface area contributed by atoms with E-state index < -0.39 is 5.97 Å². The molecule has 0 radical (unpaired) electrons. The van der Waals surface area contributed by atoms with Crippen molar-refractivity contribution >= 4 is 28.5 Å². The maximum Gasteiger partial charge on any atom is 0.308 e. The number of nitrogens with zero attached hydrogens (tertiary/aromatic N) is 1. The van der Waals surface area contributed by atoms with Crippen molar-refractivity contribution in [3.8, 4) is 17.1 Å². The second-order valence-electron chi connectivity index (χ2n) is 6.58. The molecule has 7 heteroatoms. The number of fused-ring (bicyclic) bond motifs is 1. The van der Waals surface area contributed by atoms with E-state index in [1.807, 2.05) is 30.3 Å². The molecule has 3 aromatic carbocycles. The van der Waals surface area contributed by atoms with Crippen LogP contribution in [0.15, 0.2) is 77.6 Å². The monoisotopic (exact) mass is 399 g/mol. The molecule has 148 valence electrons. The van der Waals surface area contributed by atoms with Gasteiger partial charge < -0.3 is 15.0 Å². The lowest BCUT2D eigenvalue weighted by molar-refractivity contribution is -0.131. The van der Waals surface area contributed by atoms with Crippen LogP contribution in [-0.2, 0) is 4.79 Å². The van der Waals surface area contributed by atoms with E-state index in [1.54, 1.807) is 36.4 Å². The lowest BCUT2D eigenvalue weighted by Crippen LogP contribution is -2.12. The summed E-state index contributed by atoms with van der Waals surface area (Å²) in [5, 5.41) is 3.14. The Morgan fingerprint density at radius 2 is 1.70 bits per heavy atom. The summed E-state index contributed by atoms with van der Waals surface area (Å²) in [7, 11) is 0. The topological polar surface area (TPSA) is 101 Å². The molecule has 0 aliphatic heterocycles. The van der Waals surface area contributed by atoms with Gasteiger partial charge in [-0.05, 0) is 42.5 Å². The van der Waals surface area contributed by atoms with Gasteiger partial charge in [0.15, 0.2) is 0 Å². The molecule has 0 aliphatic carbocycles. The number of carbonyl (C=O) groups is 2. The van der Waals surface area contributed by atoms with E-state index in [2.05, 4.69) is 15.3 Å². The molecular formula is C23H17N3O4. The minimum atomic E-state index is -0.466. The number of anilines is 1. The van der Waals surface area contributed by atoms with Gasteiger partial charge in [-0.15, -0.1) is 0 Å². The van der Waals surface area contributed by atoms with Crippen molar-refractivity contribution in [2.75, 3.05) is 5.32 Å². The van der Waals surface area contributed by atoms with Crippen molar-refractivity contribution in [1.82, 2.24) is 9.97 Å². The normalized spacial score (nSPS) is 10.6. The third kappa shape index (κ3) is 4.10. The highest BCUT2D eigenvalue weighted by Gasteiger charge is 2.10. The number of hydrogen-bond acceptors (Lipinski definition) is 5. The van der Waals surface area contributed by atoms with Crippen LogP contribution in [0, 0.1) is 0 Å². The summed E-state index contributed by atoms with van der Waals surface area (Å²) >= 11 is 0. The van der Waals surface area contributed by atoms with Gasteiger partial charge in [0.25, 0.3) is 11.5 Å². The Morgan fingerprint density at radius 1 is 0.967 bits per heavy atom. The first-order chi connectivity index (χ1) is 14.5. The molecule has 1 aromatic heterocycles. The average Bonchev–Trinajstić information content (AvgIpc) is 2.74. The third-order valence-corrected chi connectivity index (χ3v) is 4.39. The van der Waals surface area contributed by atoms with Crippen LogP contribution >= 0.6 is 0 Å². The highest BCUT2D eigenvalue weighted by atomic mass is 16.5. The lowest BCUT2D eigenvalue weighted by Gasteiger charge is -2.07. The van der Waals surface area contributed by atoms with Gasteiger partial charge in [-0.2, -0.15) is 0 Å². The van der Waals surface area contributed by atoms with Crippen LogP contribution in [0.25, 0.3) is 22.3 Å². The molecule has 0 atom stereocenters. The number of esters is 1. The Hall–Kier alpha value is -4.26. The molecule has 0 saturated carbocycles. The Labute approximate surface area is 171 Å². The fourth-order valence-electron chi connectivity index (χ4n) is 2.99. The Balaban J connectivity index is 1.60. The summed E-state index contributed by atoms with van der Waals surface area (Å²) in [6.45, 7) is 1.29. The van der Waals surface area contributed by atoms with Crippen molar-refractivity contribution in [1.29, 1.82) is 0 Å². The molecule has 2 N–H and O–H groups in total. The van der Waals surface area contributed by atoms with Crippen molar-refractivity contribution < 1.29 is 14.3 Å². The summed E-state index contributed by atoms with van der Waals surface area (Å²) < 4.78 is 5.01. The standard InChI is InChI=1S/C23H17N3O4/c1-14(27)30-18-11-12-20-19(13-18)23(29)26-21(25-20)15-7-9-16(10-8-15)22(28)24-17-5-3-2-4-6-17/h2-13H,1H3,(H,24,28)(H,25,26,29). The fourth-order valence-corrected chi connectivity index (χ4v) is 2.99. The van der Waals surface area contributed by atoms with Gasteiger partial charge in [-0.1, -0.05) is 30.3 Å². The van der Waals surface area contributed by atoms with E-state index in [0.29, 0.717) is 33.5 Å². The zero-order valence-corrected chi connectivity index (χ0v) is 16.0. The first-order valence-electron chi connectivity index (χ1n) is 9.19. The fraction of sp³-hybridized carbons (Fsp3) is 0.0435. The largest absolute Gasteiger partial charge is 0.427 e. The average molecular weight is 399 g/mol. The molecule has 30 heavy (non-hydrogen) atoms. The number of hydrogen-bond donors (Lipinski definition) is 2. The smallest absolute Gasteiger partial charge is 0.308 e. The predicted molar refractivity (Wildman–Crippen MR) is 114 cm³/mol. The third-order valence-electron chi connectivity index (χ3n) is 4.39. The van der Waals surface area contributed by atoms with Gasteiger partial charge in [-0.3, -0.25) is 14.4 Å². The van der Waals surface area contributed by atoms with E-state index in [1.165, 1.54) is 13.0 Å². The van der Waals surface area contributed by atoms with E-state index in [4.69, 9.17) is 4.74 Å². The van der Waals surface area contributed by atoms with Gasteiger partial charge in [-0.25, -0.2) is 4.98 Å². The van der Waals surface area contributed by atoms with Crippen LogP contribution in [0.3, 0.4) is 0 Å². The molecule has 0 unspecified atom stereocenters. The lowest BCUT2D eigenvalue weighted by atomic mass is 10.1. The summed E-state index contributed by atoms with van der Waals surface area (Å²) in [6, 6.07) is 20.6. The molecule has 0 saturated heterocycles. The van der Waals surface area contributed by atoms with Gasteiger partial charge in [0.05, 0.1) is 10.9 Å². The Bertz CT molecular complexity index is 1300. The molecule has 0 spiro atoms. The second-order valence-corrected chi connectivity index (χ2v) is 6.58. The van der Waals surface area contributed by atoms with Crippen LogP contribution in [-0.4, -0.2) is 21.8 Å². The first-order valence-corrected chi connectivity index (χ1v) is 9.19. The molecule has 7 nitrogen and oxygen atoms in total. The first kappa shape index (κ1) is 19.1. The number of rotatable bonds is 4. The maximum atomic E-state index is 12.5. The van der Waals surface area contributed by atoms with Crippen LogP contribution in [0.2, 0.25) is 0 Å². The number of amides is 1. The Kier molecular flexibility index (Phi) is 5.09. The van der Waals surface area contributed by atoms with Crippen molar-refractivity contribution in [2.45, 2.75) is 6.92 Å². The number of ether oxygens (including phenoxy) is 1. The minimum Gasteiger partial charge on any atom is -0.427 e. The molecule has 1 amide bonds. The number of benzene rings is 3. The summed E-state index contributed by atoms with van der Waals surface area (Å²) in [6.07, 6.45) is 0.